The molecule has 3 heteroatoms. The van der Waals surface area contributed by atoms with Crippen LogP contribution in [0.2, 0.25) is 0 Å². The first-order valence-electron chi connectivity index (χ1n) is 7.38. The lowest BCUT2D eigenvalue weighted by atomic mass is 10.1. The fourth-order valence-electron chi connectivity index (χ4n) is 2.14. The van der Waals surface area contributed by atoms with Crippen LogP contribution in [0.25, 0.3) is 0 Å². The molecule has 1 aromatic rings. The molecule has 0 heterocycles. The Kier molecular flexibility index (Phi) is 6.92. The van der Waals surface area contributed by atoms with Crippen molar-refractivity contribution in [3.05, 3.63) is 59.7 Å². The number of carbonyl (C=O) groups excluding carboxylic acids is 1. The molecule has 3 nitrogen and oxygen atoms in total. The zero-order valence-corrected chi connectivity index (χ0v) is 12.2. The molecule has 0 aromatic heterocycles. The highest BCUT2D eigenvalue weighted by Crippen LogP contribution is 2.12. The lowest BCUT2D eigenvalue weighted by Gasteiger charge is -2.14. The van der Waals surface area contributed by atoms with Crippen LogP contribution < -0.4 is 0 Å². The van der Waals surface area contributed by atoms with Crippen molar-refractivity contribution in [1.29, 1.82) is 0 Å². The Balaban J connectivity index is 1.62. The smallest absolute Gasteiger partial charge is 0.127 e. The van der Waals surface area contributed by atoms with Crippen LogP contribution >= 0.6 is 0 Å². The number of rotatable bonds is 9. The van der Waals surface area contributed by atoms with Gasteiger partial charge in [-0.1, -0.05) is 48.6 Å². The summed E-state index contributed by atoms with van der Waals surface area (Å²) in [7, 11) is 0. The van der Waals surface area contributed by atoms with Crippen molar-refractivity contribution in [1.82, 2.24) is 0 Å². The van der Waals surface area contributed by atoms with Crippen molar-refractivity contribution in [3.8, 4) is 0 Å². The molecule has 1 atom stereocenters. The monoisotopic (exact) mass is 286 g/mol. The third kappa shape index (κ3) is 6.06. The summed E-state index contributed by atoms with van der Waals surface area (Å²) < 4.78 is 11.2. The average Bonchev–Trinajstić information content (AvgIpc) is 2.55. The Bertz CT molecular complexity index is 476. The van der Waals surface area contributed by atoms with Gasteiger partial charge < -0.3 is 14.3 Å². The predicted molar refractivity (Wildman–Crippen MR) is 82.9 cm³/mol. The molecule has 1 aromatic carbocycles. The number of ether oxygens (including phenoxy) is 2. The molecule has 112 valence electrons. The van der Waals surface area contributed by atoms with Crippen molar-refractivity contribution in [3.63, 3.8) is 0 Å². The molecule has 2 rings (SSSR count). The average molecular weight is 286 g/mol. The van der Waals surface area contributed by atoms with Crippen molar-refractivity contribution in [2.75, 3.05) is 19.8 Å². The SMILES string of the molecule is O=CC(COCC1=CC=CCC1)COCc1ccccc1. The second-order valence-electron chi connectivity index (χ2n) is 5.20. The summed E-state index contributed by atoms with van der Waals surface area (Å²) in [6, 6.07) is 9.95. The van der Waals surface area contributed by atoms with Crippen molar-refractivity contribution < 1.29 is 14.3 Å². The Morgan fingerprint density at radius 2 is 1.86 bits per heavy atom. The molecular formula is C18H22O3. The van der Waals surface area contributed by atoms with Crippen LogP contribution in [0.1, 0.15) is 18.4 Å². The Morgan fingerprint density at radius 3 is 2.52 bits per heavy atom. The lowest BCUT2D eigenvalue weighted by Crippen LogP contribution is -2.18. The standard InChI is InChI=1S/C18H22O3/c19-11-18(14-20-12-16-7-3-1-4-8-16)15-21-13-17-9-5-2-6-10-17/h1-5,7-9,11,18H,6,10,12-15H2. The van der Waals surface area contributed by atoms with E-state index in [1.54, 1.807) is 0 Å². The van der Waals surface area contributed by atoms with Crippen molar-refractivity contribution >= 4 is 6.29 Å². The molecule has 0 bridgehead atoms. The first-order valence-corrected chi connectivity index (χ1v) is 7.38. The molecule has 0 aliphatic heterocycles. The van der Waals surface area contributed by atoms with Gasteiger partial charge in [-0.05, 0) is 24.0 Å². The van der Waals surface area contributed by atoms with Crippen LogP contribution in [0, 0.1) is 5.92 Å². The van der Waals surface area contributed by atoms with E-state index in [0.29, 0.717) is 26.4 Å². The van der Waals surface area contributed by atoms with Gasteiger partial charge >= 0.3 is 0 Å². The summed E-state index contributed by atoms with van der Waals surface area (Å²) in [6.07, 6.45) is 9.34. The van der Waals surface area contributed by atoms with Gasteiger partial charge in [-0.15, -0.1) is 0 Å². The summed E-state index contributed by atoms with van der Waals surface area (Å²) in [5.74, 6) is -0.201. The van der Waals surface area contributed by atoms with Gasteiger partial charge in [0.05, 0.1) is 32.3 Å². The second-order valence-corrected chi connectivity index (χ2v) is 5.20. The maximum atomic E-state index is 11.0. The highest BCUT2D eigenvalue weighted by Gasteiger charge is 2.09. The zero-order chi connectivity index (χ0) is 14.8. The van der Waals surface area contributed by atoms with E-state index in [1.807, 2.05) is 30.3 Å². The maximum Gasteiger partial charge on any atom is 0.127 e. The number of aldehydes is 1. The van der Waals surface area contributed by atoms with E-state index in [9.17, 15) is 4.79 Å². The molecule has 1 aliphatic rings. The first kappa shape index (κ1) is 15.7. The van der Waals surface area contributed by atoms with E-state index in [-0.39, 0.29) is 5.92 Å². The van der Waals surface area contributed by atoms with E-state index in [1.165, 1.54) is 5.57 Å². The third-order valence-electron chi connectivity index (χ3n) is 3.36. The lowest BCUT2D eigenvalue weighted by molar-refractivity contribution is -0.115. The van der Waals surface area contributed by atoms with Crippen molar-refractivity contribution in [2.45, 2.75) is 19.4 Å². The van der Waals surface area contributed by atoms with E-state index in [4.69, 9.17) is 9.47 Å². The summed E-state index contributed by atoms with van der Waals surface area (Å²) >= 11 is 0. The first-order chi connectivity index (χ1) is 10.4. The molecule has 0 spiro atoms. The summed E-state index contributed by atoms with van der Waals surface area (Å²) in [6.45, 7) is 1.95. The molecular weight excluding hydrogens is 264 g/mol. The molecule has 0 fully saturated rings. The van der Waals surface area contributed by atoms with E-state index < -0.39 is 0 Å². The highest BCUT2D eigenvalue weighted by atomic mass is 16.5. The molecule has 0 N–H and O–H groups in total. The molecule has 0 radical (unpaired) electrons. The zero-order valence-electron chi connectivity index (χ0n) is 12.2. The van der Waals surface area contributed by atoms with Gasteiger partial charge in [0.15, 0.2) is 0 Å². The van der Waals surface area contributed by atoms with Crippen LogP contribution in [-0.2, 0) is 20.9 Å². The topological polar surface area (TPSA) is 35.5 Å². The fourth-order valence-corrected chi connectivity index (χ4v) is 2.14. The van der Waals surface area contributed by atoms with Gasteiger partial charge in [0.25, 0.3) is 0 Å². The minimum atomic E-state index is -0.201. The largest absolute Gasteiger partial charge is 0.376 e. The van der Waals surface area contributed by atoms with E-state index >= 15 is 0 Å². The second kappa shape index (κ2) is 9.27. The number of hydrogen-bond acceptors (Lipinski definition) is 3. The molecule has 21 heavy (non-hydrogen) atoms. The molecule has 0 saturated heterocycles. The minimum absolute atomic E-state index is 0.201. The molecule has 1 aliphatic carbocycles. The number of benzene rings is 1. The van der Waals surface area contributed by atoms with Crippen LogP contribution in [0.5, 0.6) is 0 Å². The van der Waals surface area contributed by atoms with Crippen LogP contribution in [0.15, 0.2) is 54.1 Å². The van der Waals surface area contributed by atoms with Crippen molar-refractivity contribution in [2.24, 2.45) is 5.92 Å². The minimum Gasteiger partial charge on any atom is -0.376 e. The summed E-state index contributed by atoms with van der Waals surface area (Å²) in [5, 5.41) is 0. The Hall–Kier alpha value is -1.71. The van der Waals surface area contributed by atoms with Crippen LogP contribution in [-0.4, -0.2) is 26.1 Å². The van der Waals surface area contributed by atoms with Gasteiger partial charge in [0.2, 0.25) is 0 Å². The maximum absolute atomic E-state index is 11.0. The fraction of sp³-hybridized carbons (Fsp3) is 0.389. The van der Waals surface area contributed by atoms with Crippen LogP contribution in [0.3, 0.4) is 0 Å². The van der Waals surface area contributed by atoms with E-state index in [2.05, 4.69) is 18.2 Å². The highest BCUT2D eigenvalue weighted by molar-refractivity contribution is 5.53. The van der Waals surface area contributed by atoms with Gasteiger partial charge in [-0.25, -0.2) is 0 Å². The van der Waals surface area contributed by atoms with Gasteiger partial charge in [0, 0.05) is 0 Å². The number of allylic oxidation sites excluding steroid dienone is 3. The quantitative estimate of drug-likeness (QED) is 0.653. The van der Waals surface area contributed by atoms with Gasteiger partial charge in [0.1, 0.15) is 6.29 Å². The number of carbonyl (C=O) groups is 1. The van der Waals surface area contributed by atoms with Gasteiger partial charge in [-0.3, -0.25) is 0 Å². The Morgan fingerprint density at radius 1 is 1.10 bits per heavy atom. The van der Waals surface area contributed by atoms with Crippen LogP contribution in [0.4, 0.5) is 0 Å². The normalized spacial score (nSPS) is 15.5. The molecule has 0 amide bonds. The van der Waals surface area contributed by atoms with Gasteiger partial charge in [-0.2, -0.15) is 0 Å². The Labute approximate surface area is 126 Å². The number of hydrogen-bond donors (Lipinski definition) is 0. The molecule has 1 unspecified atom stereocenters. The summed E-state index contributed by atoms with van der Waals surface area (Å²) in [4.78, 5) is 11.0. The predicted octanol–water partition coefficient (Wildman–Crippen LogP) is 3.31. The molecule has 0 saturated carbocycles. The van der Waals surface area contributed by atoms with E-state index in [0.717, 1.165) is 24.7 Å². The third-order valence-corrected chi connectivity index (χ3v) is 3.36. The summed E-state index contributed by atoms with van der Waals surface area (Å²) in [5.41, 5.74) is 2.40.